The number of aromatic nitrogens is 1. The molecule has 0 bridgehead atoms. The Balaban J connectivity index is 2.31. The van der Waals surface area contributed by atoms with Crippen molar-refractivity contribution in [2.45, 2.75) is 9.79 Å². The number of benzene rings is 1. The quantitative estimate of drug-likeness (QED) is 0.858. The highest BCUT2D eigenvalue weighted by atomic mass is 32.2. The average molecular weight is 228 g/mol. The summed E-state index contributed by atoms with van der Waals surface area (Å²) >= 11 is 1.41. The summed E-state index contributed by atoms with van der Waals surface area (Å²) in [6.07, 6.45) is 3.23. The summed E-state index contributed by atoms with van der Waals surface area (Å²) in [4.78, 5) is 5.64. The van der Waals surface area contributed by atoms with Gasteiger partial charge >= 0.3 is 0 Å². The van der Waals surface area contributed by atoms with Crippen molar-refractivity contribution in [3.8, 4) is 11.8 Å². The molecule has 1 N–H and O–H groups in total. The van der Waals surface area contributed by atoms with Gasteiger partial charge in [-0.15, -0.1) is 0 Å². The molecule has 1 aromatic carbocycles. The molecule has 16 heavy (non-hydrogen) atoms. The van der Waals surface area contributed by atoms with Gasteiger partial charge in [0.05, 0.1) is 5.56 Å². The molecule has 78 valence electrons. The molecule has 0 aliphatic carbocycles. The van der Waals surface area contributed by atoms with Crippen molar-refractivity contribution in [1.29, 1.82) is 5.26 Å². The normalized spacial score (nSPS) is 9.69. The van der Waals surface area contributed by atoms with Crippen LogP contribution in [0.15, 0.2) is 52.5 Å². The number of nitrogens with zero attached hydrogens (tertiary/aromatic N) is 2. The Hall–Kier alpha value is -1.99. The third kappa shape index (κ3) is 2.33. The monoisotopic (exact) mass is 228 g/mol. The Kier molecular flexibility index (Phi) is 3.08. The van der Waals surface area contributed by atoms with Gasteiger partial charge in [0.2, 0.25) is 0 Å². The minimum absolute atomic E-state index is 0.215. The van der Waals surface area contributed by atoms with E-state index >= 15 is 0 Å². The maximum atomic E-state index is 9.32. The molecule has 0 fully saturated rings. The van der Waals surface area contributed by atoms with Crippen LogP contribution in [-0.2, 0) is 0 Å². The van der Waals surface area contributed by atoms with Crippen LogP contribution >= 0.6 is 11.8 Å². The Morgan fingerprint density at radius 3 is 2.94 bits per heavy atom. The van der Waals surface area contributed by atoms with Crippen molar-refractivity contribution < 1.29 is 5.11 Å². The molecular weight excluding hydrogens is 220 g/mol. The first-order valence-corrected chi connectivity index (χ1v) is 5.42. The standard InChI is InChI=1S/C12H8N2OS/c13-7-9-4-5-14-8-12(9)16-11-3-1-2-10(15)6-11/h1-6,8,15H. The number of rotatable bonds is 2. The van der Waals surface area contributed by atoms with Gasteiger partial charge in [0.1, 0.15) is 11.8 Å². The molecule has 0 spiro atoms. The SMILES string of the molecule is N#Cc1ccncc1Sc1cccc(O)c1. The van der Waals surface area contributed by atoms with Gasteiger partial charge in [-0.3, -0.25) is 4.98 Å². The highest BCUT2D eigenvalue weighted by Gasteiger charge is 2.04. The lowest BCUT2D eigenvalue weighted by Crippen LogP contribution is -1.82. The summed E-state index contributed by atoms with van der Waals surface area (Å²) < 4.78 is 0. The summed E-state index contributed by atoms with van der Waals surface area (Å²) in [6.45, 7) is 0. The average Bonchev–Trinajstić information content (AvgIpc) is 2.30. The van der Waals surface area contributed by atoms with Crippen LogP contribution < -0.4 is 0 Å². The van der Waals surface area contributed by atoms with E-state index in [1.165, 1.54) is 11.8 Å². The molecule has 0 amide bonds. The largest absolute Gasteiger partial charge is 0.508 e. The fraction of sp³-hybridized carbons (Fsp3) is 0. The van der Waals surface area contributed by atoms with E-state index in [9.17, 15) is 5.11 Å². The second-order valence-electron chi connectivity index (χ2n) is 3.08. The molecule has 1 aromatic heterocycles. The molecule has 0 saturated heterocycles. The lowest BCUT2D eigenvalue weighted by molar-refractivity contribution is 0.474. The lowest BCUT2D eigenvalue weighted by atomic mass is 10.3. The van der Waals surface area contributed by atoms with Gasteiger partial charge in [0.25, 0.3) is 0 Å². The minimum atomic E-state index is 0.215. The Morgan fingerprint density at radius 2 is 2.19 bits per heavy atom. The van der Waals surface area contributed by atoms with Crippen molar-refractivity contribution in [2.75, 3.05) is 0 Å². The van der Waals surface area contributed by atoms with Crippen LogP contribution in [-0.4, -0.2) is 10.1 Å². The van der Waals surface area contributed by atoms with Gasteiger partial charge in [-0.2, -0.15) is 5.26 Å². The van der Waals surface area contributed by atoms with Crippen molar-refractivity contribution in [3.63, 3.8) is 0 Å². The van der Waals surface area contributed by atoms with Gasteiger partial charge in [-0.05, 0) is 24.3 Å². The van der Waals surface area contributed by atoms with E-state index in [1.807, 2.05) is 6.07 Å². The summed E-state index contributed by atoms with van der Waals surface area (Å²) in [6, 6.07) is 10.7. The first kappa shape index (κ1) is 10.5. The maximum Gasteiger partial charge on any atom is 0.116 e. The van der Waals surface area contributed by atoms with Gasteiger partial charge in [-0.1, -0.05) is 17.8 Å². The minimum Gasteiger partial charge on any atom is -0.508 e. The van der Waals surface area contributed by atoms with Crippen LogP contribution in [0.3, 0.4) is 0 Å². The van der Waals surface area contributed by atoms with E-state index in [2.05, 4.69) is 11.1 Å². The Labute approximate surface area is 97.4 Å². The zero-order valence-corrected chi connectivity index (χ0v) is 9.11. The molecule has 0 radical (unpaired) electrons. The number of phenols is 1. The molecule has 1 heterocycles. The summed E-state index contributed by atoms with van der Waals surface area (Å²) in [5, 5.41) is 18.2. The van der Waals surface area contributed by atoms with E-state index < -0.39 is 0 Å². The van der Waals surface area contributed by atoms with Crippen molar-refractivity contribution in [3.05, 3.63) is 48.3 Å². The highest BCUT2D eigenvalue weighted by Crippen LogP contribution is 2.31. The molecule has 2 rings (SSSR count). The highest BCUT2D eigenvalue weighted by molar-refractivity contribution is 7.99. The summed E-state index contributed by atoms with van der Waals surface area (Å²) in [5.41, 5.74) is 0.586. The molecule has 3 nitrogen and oxygen atoms in total. The van der Waals surface area contributed by atoms with Crippen LogP contribution in [0.4, 0.5) is 0 Å². The maximum absolute atomic E-state index is 9.32. The number of hydrogen-bond donors (Lipinski definition) is 1. The van der Waals surface area contributed by atoms with Gasteiger partial charge in [0, 0.05) is 22.2 Å². The number of phenolic OH excluding ortho intramolecular Hbond substituents is 1. The Morgan fingerprint density at radius 1 is 1.31 bits per heavy atom. The molecule has 4 heteroatoms. The van der Waals surface area contributed by atoms with E-state index in [0.717, 1.165) is 9.79 Å². The van der Waals surface area contributed by atoms with Crippen LogP contribution in [0.5, 0.6) is 5.75 Å². The third-order valence-corrected chi connectivity index (χ3v) is 2.99. The van der Waals surface area contributed by atoms with E-state index in [1.54, 1.807) is 36.7 Å². The number of nitriles is 1. The fourth-order valence-electron chi connectivity index (χ4n) is 1.23. The predicted molar refractivity (Wildman–Crippen MR) is 61.2 cm³/mol. The van der Waals surface area contributed by atoms with E-state index in [-0.39, 0.29) is 5.75 Å². The van der Waals surface area contributed by atoms with Crippen LogP contribution in [0.2, 0.25) is 0 Å². The van der Waals surface area contributed by atoms with Crippen molar-refractivity contribution in [2.24, 2.45) is 0 Å². The first-order chi connectivity index (χ1) is 7.79. The molecule has 0 unspecified atom stereocenters. The number of hydrogen-bond acceptors (Lipinski definition) is 4. The molecule has 0 saturated carbocycles. The van der Waals surface area contributed by atoms with Crippen LogP contribution in [0.25, 0.3) is 0 Å². The van der Waals surface area contributed by atoms with E-state index in [4.69, 9.17) is 5.26 Å². The van der Waals surface area contributed by atoms with Crippen LogP contribution in [0, 0.1) is 11.3 Å². The fourth-order valence-corrected chi connectivity index (χ4v) is 2.15. The molecule has 0 aliphatic rings. The zero-order valence-electron chi connectivity index (χ0n) is 8.29. The molecule has 0 atom stereocenters. The number of aromatic hydroxyl groups is 1. The topological polar surface area (TPSA) is 56.9 Å². The molecular formula is C12H8N2OS. The second kappa shape index (κ2) is 4.69. The molecule has 0 aliphatic heterocycles. The van der Waals surface area contributed by atoms with Gasteiger partial charge < -0.3 is 5.11 Å². The summed E-state index contributed by atoms with van der Waals surface area (Å²) in [5.74, 6) is 0.215. The first-order valence-electron chi connectivity index (χ1n) is 4.60. The number of pyridine rings is 1. The Bertz CT molecular complexity index is 549. The summed E-state index contributed by atoms with van der Waals surface area (Å²) in [7, 11) is 0. The smallest absolute Gasteiger partial charge is 0.116 e. The molecule has 2 aromatic rings. The van der Waals surface area contributed by atoms with Gasteiger partial charge in [0.15, 0.2) is 0 Å². The zero-order chi connectivity index (χ0) is 11.4. The second-order valence-corrected chi connectivity index (χ2v) is 4.20. The van der Waals surface area contributed by atoms with Gasteiger partial charge in [-0.25, -0.2) is 0 Å². The predicted octanol–water partition coefficient (Wildman–Crippen LogP) is 2.81. The van der Waals surface area contributed by atoms with E-state index in [0.29, 0.717) is 5.56 Å². The van der Waals surface area contributed by atoms with Crippen molar-refractivity contribution >= 4 is 11.8 Å². The lowest BCUT2D eigenvalue weighted by Gasteiger charge is -2.03. The third-order valence-electron chi connectivity index (χ3n) is 1.95. The van der Waals surface area contributed by atoms with Crippen LogP contribution in [0.1, 0.15) is 5.56 Å². The van der Waals surface area contributed by atoms with Crippen molar-refractivity contribution in [1.82, 2.24) is 4.98 Å².